The van der Waals surface area contributed by atoms with Crippen molar-refractivity contribution in [1.82, 2.24) is 0 Å². The summed E-state index contributed by atoms with van der Waals surface area (Å²) in [5.74, 6) is 2.39. The minimum Gasteiger partial charge on any atom is -0.283 e. The second kappa shape index (κ2) is 3.50. The molecule has 0 aliphatic rings. The topological polar surface area (TPSA) is 46.2 Å². The second-order valence-electron chi connectivity index (χ2n) is 2.56. The van der Waals surface area contributed by atoms with E-state index < -0.39 is 10.0 Å². The highest BCUT2D eigenvalue weighted by Gasteiger charge is 2.04. The normalized spacial score (nSPS) is 10.5. The Morgan fingerprint density at radius 2 is 2.00 bits per heavy atom. The van der Waals surface area contributed by atoms with Gasteiger partial charge in [0.05, 0.1) is 11.9 Å². The van der Waals surface area contributed by atoms with E-state index in [9.17, 15) is 8.42 Å². The minimum absolute atomic E-state index is 0.438. The molecule has 0 bridgehead atoms. The third-order valence-electron chi connectivity index (χ3n) is 1.38. The van der Waals surface area contributed by atoms with E-state index in [-0.39, 0.29) is 0 Å². The first-order valence-corrected chi connectivity index (χ1v) is 5.45. The van der Waals surface area contributed by atoms with E-state index in [0.29, 0.717) is 11.3 Å². The third-order valence-corrected chi connectivity index (χ3v) is 1.97. The Labute approximate surface area is 77.8 Å². The van der Waals surface area contributed by atoms with Gasteiger partial charge in [-0.15, -0.1) is 6.42 Å². The molecule has 0 saturated heterocycles. The molecule has 68 valence electrons. The summed E-state index contributed by atoms with van der Waals surface area (Å²) in [6, 6.07) is 6.76. The maximum atomic E-state index is 10.9. The highest BCUT2D eigenvalue weighted by atomic mass is 32.2. The van der Waals surface area contributed by atoms with Crippen LogP contribution >= 0.6 is 0 Å². The lowest BCUT2D eigenvalue weighted by Crippen LogP contribution is -2.10. The lowest BCUT2D eigenvalue weighted by molar-refractivity contribution is 0.607. The summed E-state index contributed by atoms with van der Waals surface area (Å²) in [7, 11) is -3.26. The molecule has 0 radical (unpaired) electrons. The van der Waals surface area contributed by atoms with Gasteiger partial charge in [0.25, 0.3) is 0 Å². The van der Waals surface area contributed by atoms with Crippen LogP contribution in [-0.2, 0) is 10.0 Å². The predicted octanol–water partition coefficient (Wildman–Crippen LogP) is 1.04. The van der Waals surface area contributed by atoms with E-state index in [1.165, 1.54) is 0 Å². The summed E-state index contributed by atoms with van der Waals surface area (Å²) in [5.41, 5.74) is 0.973. The molecule has 0 aliphatic carbocycles. The second-order valence-corrected chi connectivity index (χ2v) is 4.31. The third kappa shape index (κ3) is 2.80. The van der Waals surface area contributed by atoms with E-state index in [1.807, 2.05) is 0 Å². The van der Waals surface area contributed by atoms with Crippen molar-refractivity contribution in [3.05, 3.63) is 29.8 Å². The zero-order valence-corrected chi connectivity index (χ0v) is 7.93. The molecule has 0 fully saturated rings. The average Bonchev–Trinajstić information content (AvgIpc) is 2.02. The maximum Gasteiger partial charge on any atom is 0.229 e. The summed E-state index contributed by atoms with van der Waals surface area (Å²) in [6.07, 6.45) is 6.27. The van der Waals surface area contributed by atoms with Crippen LogP contribution in [0.15, 0.2) is 24.3 Å². The molecule has 1 N–H and O–H groups in total. The van der Waals surface area contributed by atoms with Crippen LogP contribution in [-0.4, -0.2) is 14.7 Å². The minimum atomic E-state index is -3.26. The first-order valence-electron chi connectivity index (χ1n) is 3.56. The van der Waals surface area contributed by atoms with E-state index in [1.54, 1.807) is 24.3 Å². The van der Waals surface area contributed by atoms with E-state index in [2.05, 4.69) is 10.6 Å². The standard InChI is InChI=1S/C9H9NO2S/c1-3-8-6-4-5-7-9(8)10-13(2,11)12/h1,4-7,10H,2H3. The van der Waals surface area contributed by atoms with Gasteiger partial charge in [0.2, 0.25) is 10.0 Å². The van der Waals surface area contributed by atoms with Crippen molar-refractivity contribution in [2.24, 2.45) is 0 Å². The molecule has 0 aromatic heterocycles. The molecule has 0 spiro atoms. The van der Waals surface area contributed by atoms with Gasteiger partial charge in [0.1, 0.15) is 0 Å². The van der Waals surface area contributed by atoms with Crippen LogP contribution in [0.1, 0.15) is 5.56 Å². The van der Waals surface area contributed by atoms with E-state index in [4.69, 9.17) is 6.42 Å². The number of hydrogen-bond donors (Lipinski definition) is 1. The molecule has 3 nitrogen and oxygen atoms in total. The molecule has 13 heavy (non-hydrogen) atoms. The highest BCUT2D eigenvalue weighted by Crippen LogP contribution is 2.14. The number of anilines is 1. The van der Waals surface area contributed by atoms with Crippen LogP contribution in [0.2, 0.25) is 0 Å². The van der Waals surface area contributed by atoms with Gasteiger partial charge >= 0.3 is 0 Å². The van der Waals surface area contributed by atoms with Crippen molar-refractivity contribution in [3.63, 3.8) is 0 Å². The Morgan fingerprint density at radius 1 is 1.38 bits per heavy atom. The molecular formula is C9H9NO2S. The number of rotatable bonds is 2. The van der Waals surface area contributed by atoms with Crippen LogP contribution < -0.4 is 4.72 Å². The summed E-state index contributed by atoms with van der Waals surface area (Å²) >= 11 is 0. The van der Waals surface area contributed by atoms with Gasteiger partial charge in [-0.3, -0.25) is 4.72 Å². The zero-order chi connectivity index (χ0) is 9.90. The van der Waals surface area contributed by atoms with Gasteiger partial charge in [-0.1, -0.05) is 18.1 Å². The molecular weight excluding hydrogens is 186 g/mol. The Balaban J connectivity index is 3.10. The van der Waals surface area contributed by atoms with Crippen LogP contribution in [0.4, 0.5) is 5.69 Å². The molecule has 0 saturated carbocycles. The van der Waals surface area contributed by atoms with Crippen LogP contribution in [0.5, 0.6) is 0 Å². The Morgan fingerprint density at radius 3 is 2.54 bits per heavy atom. The number of para-hydroxylation sites is 1. The monoisotopic (exact) mass is 195 g/mol. The first kappa shape index (κ1) is 9.62. The summed E-state index contributed by atoms with van der Waals surface area (Å²) in [5, 5.41) is 0. The number of hydrogen-bond acceptors (Lipinski definition) is 2. The van der Waals surface area contributed by atoms with Crippen molar-refractivity contribution in [3.8, 4) is 12.3 Å². The Kier molecular flexibility index (Phi) is 2.59. The number of sulfonamides is 1. The molecule has 1 aromatic rings. The fourth-order valence-electron chi connectivity index (χ4n) is 0.898. The lowest BCUT2D eigenvalue weighted by Gasteiger charge is -2.05. The molecule has 0 amide bonds. The quantitative estimate of drug-likeness (QED) is 0.717. The highest BCUT2D eigenvalue weighted by molar-refractivity contribution is 7.92. The van der Waals surface area contributed by atoms with Crippen LogP contribution in [0.3, 0.4) is 0 Å². The first-order chi connectivity index (χ1) is 6.03. The fraction of sp³-hybridized carbons (Fsp3) is 0.111. The van der Waals surface area contributed by atoms with Crippen LogP contribution in [0.25, 0.3) is 0 Å². The largest absolute Gasteiger partial charge is 0.283 e. The van der Waals surface area contributed by atoms with Gasteiger partial charge in [-0.05, 0) is 12.1 Å². The van der Waals surface area contributed by atoms with Gasteiger partial charge in [-0.25, -0.2) is 8.42 Å². The molecule has 0 heterocycles. The Bertz CT molecular complexity index is 443. The smallest absolute Gasteiger partial charge is 0.229 e. The number of benzene rings is 1. The van der Waals surface area contributed by atoms with Gasteiger partial charge in [0, 0.05) is 5.56 Å². The predicted molar refractivity (Wildman–Crippen MR) is 52.8 cm³/mol. The van der Waals surface area contributed by atoms with Gasteiger partial charge < -0.3 is 0 Å². The molecule has 0 atom stereocenters. The fourth-order valence-corrected chi connectivity index (χ4v) is 1.48. The van der Waals surface area contributed by atoms with E-state index in [0.717, 1.165) is 6.26 Å². The number of nitrogens with one attached hydrogen (secondary N) is 1. The SMILES string of the molecule is C#Cc1ccccc1NS(C)(=O)=O. The van der Waals surface area contributed by atoms with E-state index >= 15 is 0 Å². The average molecular weight is 195 g/mol. The summed E-state index contributed by atoms with van der Waals surface area (Å²) in [6.45, 7) is 0. The van der Waals surface area contributed by atoms with Crippen molar-refractivity contribution < 1.29 is 8.42 Å². The molecule has 4 heteroatoms. The molecule has 0 unspecified atom stereocenters. The summed E-state index contributed by atoms with van der Waals surface area (Å²) in [4.78, 5) is 0. The van der Waals surface area contributed by atoms with Crippen molar-refractivity contribution >= 4 is 15.7 Å². The molecule has 1 aromatic carbocycles. The zero-order valence-electron chi connectivity index (χ0n) is 7.11. The van der Waals surface area contributed by atoms with Crippen molar-refractivity contribution in [1.29, 1.82) is 0 Å². The van der Waals surface area contributed by atoms with Crippen molar-refractivity contribution in [2.45, 2.75) is 0 Å². The van der Waals surface area contributed by atoms with Gasteiger partial charge in [0.15, 0.2) is 0 Å². The molecule has 1 rings (SSSR count). The van der Waals surface area contributed by atoms with Gasteiger partial charge in [-0.2, -0.15) is 0 Å². The molecule has 0 aliphatic heterocycles. The van der Waals surface area contributed by atoms with Crippen molar-refractivity contribution in [2.75, 3.05) is 11.0 Å². The maximum absolute atomic E-state index is 10.9. The van der Waals surface area contributed by atoms with Crippen LogP contribution in [0, 0.1) is 12.3 Å². The lowest BCUT2D eigenvalue weighted by atomic mass is 10.2. The summed E-state index contributed by atoms with van der Waals surface area (Å²) < 4.78 is 24.1. The Hall–Kier alpha value is -1.47. The number of terminal acetylenes is 1.